The fourth-order valence-electron chi connectivity index (χ4n) is 6.24. The van der Waals surface area contributed by atoms with E-state index >= 15 is 0 Å². The Morgan fingerprint density at radius 2 is 1.07 bits per heavy atom. The van der Waals surface area contributed by atoms with Crippen LogP contribution in [-0.2, 0) is 0 Å². The van der Waals surface area contributed by atoms with Gasteiger partial charge in [0.05, 0.1) is 16.7 Å². The lowest BCUT2D eigenvalue weighted by Gasteiger charge is -2.15. The summed E-state index contributed by atoms with van der Waals surface area (Å²) >= 11 is 1.89. The Balaban J connectivity index is 1.36. The molecule has 0 atom stereocenters. The van der Waals surface area contributed by atoms with Crippen molar-refractivity contribution in [1.29, 1.82) is 0 Å². The van der Waals surface area contributed by atoms with Gasteiger partial charge in [-0.1, -0.05) is 97.1 Å². The summed E-state index contributed by atoms with van der Waals surface area (Å²) in [6.45, 7) is 4.35. The third kappa shape index (κ3) is 3.53. The monoisotopic (exact) mass is 529 g/mol. The molecule has 0 saturated heterocycles. The molecule has 0 fully saturated rings. The highest BCUT2D eigenvalue weighted by Gasteiger charge is 2.17. The topological polar surface area (TPSA) is 4.93 Å². The fourth-order valence-corrected chi connectivity index (χ4v) is 7.48. The number of aromatic nitrogens is 1. The Morgan fingerprint density at radius 1 is 0.475 bits per heavy atom. The second-order valence-electron chi connectivity index (χ2n) is 10.8. The fraction of sp³-hybridized carbons (Fsp3) is 0.0526. The van der Waals surface area contributed by atoms with Gasteiger partial charge in [-0.2, -0.15) is 0 Å². The summed E-state index contributed by atoms with van der Waals surface area (Å²) in [5.41, 5.74) is 11.2. The quantitative estimate of drug-likeness (QED) is 0.214. The lowest BCUT2D eigenvalue weighted by Crippen LogP contribution is -1.97. The van der Waals surface area contributed by atoms with Crippen LogP contribution in [0.2, 0.25) is 0 Å². The first-order valence-corrected chi connectivity index (χ1v) is 14.6. The highest BCUT2D eigenvalue weighted by molar-refractivity contribution is 7.26. The highest BCUT2D eigenvalue weighted by Crippen LogP contribution is 2.42. The van der Waals surface area contributed by atoms with Crippen molar-refractivity contribution < 1.29 is 0 Å². The minimum absolute atomic E-state index is 1.20. The van der Waals surface area contributed by atoms with Gasteiger partial charge in [0.1, 0.15) is 0 Å². The summed E-state index contributed by atoms with van der Waals surface area (Å²) in [4.78, 5) is 0. The second-order valence-corrected chi connectivity index (χ2v) is 11.8. The molecule has 0 saturated carbocycles. The molecule has 1 nitrogen and oxygen atoms in total. The number of hydrogen-bond acceptors (Lipinski definition) is 1. The van der Waals surface area contributed by atoms with E-state index in [0.717, 1.165) is 0 Å². The zero-order valence-electron chi connectivity index (χ0n) is 22.5. The Morgan fingerprint density at radius 3 is 1.85 bits per heavy atom. The van der Waals surface area contributed by atoms with E-state index in [1.54, 1.807) is 0 Å². The number of para-hydroxylation sites is 1. The molecule has 2 aromatic heterocycles. The molecule has 0 N–H and O–H groups in total. The van der Waals surface area contributed by atoms with Crippen molar-refractivity contribution in [3.63, 3.8) is 0 Å². The molecule has 6 aromatic carbocycles. The standard InChI is InChI=1S/C38H27NS/c1-24-17-19-30-31-20-18-25(2)22-36(31)39(35(30)21-24)34-15-5-3-11-28(34)26-9-7-10-27(23-26)29-13-8-14-33-32-12-4-6-16-37(32)40-38(29)33/h3-23H,1-2H3. The predicted molar refractivity (Wildman–Crippen MR) is 174 cm³/mol. The molecule has 40 heavy (non-hydrogen) atoms. The van der Waals surface area contributed by atoms with Crippen molar-refractivity contribution in [2.24, 2.45) is 0 Å². The van der Waals surface area contributed by atoms with Crippen LogP contribution in [0.25, 0.3) is 69.9 Å². The maximum atomic E-state index is 2.46. The van der Waals surface area contributed by atoms with Gasteiger partial charge in [0, 0.05) is 36.5 Å². The third-order valence-electron chi connectivity index (χ3n) is 8.11. The minimum Gasteiger partial charge on any atom is -0.309 e. The average Bonchev–Trinajstić information content (AvgIpc) is 3.52. The Bertz CT molecular complexity index is 2190. The summed E-state index contributed by atoms with van der Waals surface area (Å²) in [7, 11) is 0. The molecular weight excluding hydrogens is 502 g/mol. The molecule has 8 aromatic rings. The SMILES string of the molecule is Cc1ccc2c3ccc(C)cc3n(-c3ccccc3-c3cccc(-c4cccc5c4sc4ccccc45)c3)c2c1. The van der Waals surface area contributed by atoms with Gasteiger partial charge >= 0.3 is 0 Å². The number of fused-ring (bicyclic) bond motifs is 6. The van der Waals surface area contributed by atoms with Crippen molar-refractivity contribution in [1.82, 2.24) is 4.57 Å². The zero-order chi connectivity index (χ0) is 26.8. The number of hydrogen-bond donors (Lipinski definition) is 0. The van der Waals surface area contributed by atoms with E-state index in [2.05, 4.69) is 146 Å². The van der Waals surface area contributed by atoms with Crippen molar-refractivity contribution in [2.75, 3.05) is 0 Å². The third-order valence-corrected chi connectivity index (χ3v) is 9.33. The van der Waals surface area contributed by atoms with Crippen LogP contribution in [0.1, 0.15) is 11.1 Å². The summed E-state index contributed by atoms with van der Waals surface area (Å²) in [5, 5.41) is 5.25. The molecule has 0 unspecified atom stereocenters. The smallest absolute Gasteiger partial charge is 0.0543 e. The molecule has 2 heteroatoms. The molecule has 0 aliphatic carbocycles. The maximum Gasteiger partial charge on any atom is 0.0543 e. The van der Waals surface area contributed by atoms with Gasteiger partial charge in [-0.05, 0) is 72.0 Å². The first-order valence-electron chi connectivity index (χ1n) is 13.8. The average molecular weight is 530 g/mol. The largest absolute Gasteiger partial charge is 0.309 e. The molecule has 190 valence electrons. The number of benzene rings is 6. The molecule has 0 amide bonds. The number of nitrogens with zero attached hydrogens (tertiary/aromatic N) is 1. The Hall–Kier alpha value is -4.66. The molecule has 0 radical (unpaired) electrons. The van der Waals surface area contributed by atoms with E-state index in [1.807, 2.05) is 11.3 Å². The van der Waals surface area contributed by atoms with Gasteiger partial charge in [0.2, 0.25) is 0 Å². The first kappa shape index (κ1) is 23.2. The van der Waals surface area contributed by atoms with Crippen LogP contribution in [-0.4, -0.2) is 4.57 Å². The van der Waals surface area contributed by atoms with Crippen LogP contribution in [0.3, 0.4) is 0 Å². The molecule has 0 bridgehead atoms. The van der Waals surface area contributed by atoms with E-state index in [9.17, 15) is 0 Å². The molecule has 0 aliphatic rings. The van der Waals surface area contributed by atoms with Crippen molar-refractivity contribution in [2.45, 2.75) is 13.8 Å². The summed E-state index contributed by atoms with van der Waals surface area (Å²) in [6.07, 6.45) is 0. The van der Waals surface area contributed by atoms with E-state index in [4.69, 9.17) is 0 Å². The molecule has 8 rings (SSSR count). The van der Waals surface area contributed by atoms with Gasteiger partial charge in [-0.3, -0.25) is 0 Å². The summed E-state index contributed by atoms with van der Waals surface area (Å²) in [5.74, 6) is 0. The molecular formula is C38H27NS. The first-order chi connectivity index (χ1) is 19.7. The van der Waals surface area contributed by atoms with Gasteiger partial charge in [-0.15, -0.1) is 11.3 Å². The zero-order valence-corrected chi connectivity index (χ0v) is 23.3. The second kappa shape index (κ2) is 8.94. The van der Waals surface area contributed by atoms with Crippen LogP contribution in [0.5, 0.6) is 0 Å². The van der Waals surface area contributed by atoms with E-state index in [0.29, 0.717) is 0 Å². The Kier molecular flexibility index (Phi) is 5.20. The predicted octanol–water partition coefficient (Wildman–Crippen LogP) is 11.1. The van der Waals surface area contributed by atoms with E-state index < -0.39 is 0 Å². The number of thiophene rings is 1. The van der Waals surface area contributed by atoms with Gasteiger partial charge < -0.3 is 4.57 Å². The normalized spacial score (nSPS) is 11.8. The van der Waals surface area contributed by atoms with Gasteiger partial charge in [0.25, 0.3) is 0 Å². The molecule has 0 aliphatic heterocycles. The Labute approximate surface area is 237 Å². The lowest BCUT2D eigenvalue weighted by molar-refractivity contribution is 1.18. The highest BCUT2D eigenvalue weighted by atomic mass is 32.1. The molecule has 0 spiro atoms. The number of aryl methyl sites for hydroxylation is 2. The van der Waals surface area contributed by atoms with Gasteiger partial charge in [-0.25, -0.2) is 0 Å². The van der Waals surface area contributed by atoms with Crippen LogP contribution in [0.15, 0.2) is 127 Å². The number of rotatable bonds is 3. The van der Waals surface area contributed by atoms with Crippen molar-refractivity contribution >= 4 is 53.3 Å². The lowest BCUT2D eigenvalue weighted by atomic mass is 9.97. The minimum atomic E-state index is 1.20. The summed E-state index contributed by atoms with van der Waals surface area (Å²) in [6, 6.07) is 47.0. The van der Waals surface area contributed by atoms with E-state index in [1.165, 1.54) is 81.0 Å². The van der Waals surface area contributed by atoms with Crippen LogP contribution < -0.4 is 0 Å². The molecule has 2 heterocycles. The van der Waals surface area contributed by atoms with E-state index in [-0.39, 0.29) is 0 Å². The van der Waals surface area contributed by atoms with Crippen molar-refractivity contribution in [3.05, 3.63) is 139 Å². The van der Waals surface area contributed by atoms with Crippen LogP contribution in [0.4, 0.5) is 0 Å². The van der Waals surface area contributed by atoms with Gasteiger partial charge in [0.15, 0.2) is 0 Å². The van der Waals surface area contributed by atoms with Crippen molar-refractivity contribution in [3.8, 4) is 27.9 Å². The van der Waals surface area contributed by atoms with Crippen LogP contribution >= 0.6 is 11.3 Å². The summed E-state index contributed by atoms with van der Waals surface area (Å²) < 4.78 is 5.14. The van der Waals surface area contributed by atoms with Crippen LogP contribution in [0, 0.1) is 13.8 Å². The maximum absolute atomic E-state index is 2.46.